The van der Waals surface area contributed by atoms with E-state index in [1.165, 1.54) is 0 Å². The van der Waals surface area contributed by atoms with Crippen molar-refractivity contribution in [3.05, 3.63) is 12.2 Å². The first kappa shape index (κ1) is 12.4. The van der Waals surface area contributed by atoms with Gasteiger partial charge in [0.05, 0.1) is 6.61 Å². The van der Waals surface area contributed by atoms with Crippen LogP contribution in [-0.4, -0.2) is 24.3 Å². The van der Waals surface area contributed by atoms with E-state index in [1.807, 2.05) is 27.7 Å². The van der Waals surface area contributed by atoms with E-state index in [1.54, 1.807) is 12.2 Å². The van der Waals surface area contributed by atoms with Crippen molar-refractivity contribution in [2.24, 2.45) is 5.92 Å². The van der Waals surface area contributed by atoms with E-state index in [2.05, 4.69) is 0 Å². The lowest BCUT2D eigenvalue weighted by Crippen LogP contribution is -2.20. The lowest BCUT2D eigenvalue weighted by Gasteiger charge is -2.15. The Kier molecular flexibility index (Phi) is 4.05. The van der Waals surface area contributed by atoms with Crippen molar-refractivity contribution in [1.82, 2.24) is 0 Å². The summed E-state index contributed by atoms with van der Waals surface area (Å²) in [6, 6.07) is 0. The Morgan fingerprint density at radius 3 is 2.67 bits per heavy atom. The van der Waals surface area contributed by atoms with Crippen molar-refractivity contribution in [3.63, 3.8) is 0 Å². The Morgan fingerprint density at radius 2 is 2.20 bits per heavy atom. The summed E-state index contributed by atoms with van der Waals surface area (Å²) < 4.78 is 10.9. The van der Waals surface area contributed by atoms with Crippen LogP contribution >= 0.6 is 0 Å². The predicted octanol–water partition coefficient (Wildman–Crippen LogP) is 2.31. The van der Waals surface area contributed by atoms with E-state index in [9.17, 15) is 4.79 Å². The second-order valence-corrected chi connectivity index (χ2v) is 4.79. The maximum atomic E-state index is 11.4. The van der Waals surface area contributed by atoms with E-state index < -0.39 is 5.79 Å². The molecule has 0 aromatic rings. The van der Waals surface area contributed by atoms with Crippen LogP contribution in [0.25, 0.3) is 0 Å². The number of carbonyl (C=O) groups is 1. The fourth-order valence-corrected chi connectivity index (χ4v) is 1.50. The molecule has 1 rings (SSSR count). The van der Waals surface area contributed by atoms with Gasteiger partial charge >= 0.3 is 0 Å². The molecular formula is C12H20O3. The molecule has 0 unspecified atom stereocenters. The summed E-state index contributed by atoms with van der Waals surface area (Å²) in [5.74, 6) is 0.0356. The average Bonchev–Trinajstić information content (AvgIpc) is 2.41. The van der Waals surface area contributed by atoms with E-state index in [-0.39, 0.29) is 11.9 Å². The van der Waals surface area contributed by atoms with Gasteiger partial charge in [-0.05, 0) is 31.9 Å². The molecule has 1 saturated heterocycles. The minimum Gasteiger partial charge on any atom is -0.347 e. The minimum absolute atomic E-state index is 0.0869. The molecule has 1 aliphatic rings. The Bertz CT molecular complexity index is 254. The zero-order chi connectivity index (χ0) is 11.5. The molecule has 3 heteroatoms. The molecule has 0 N–H and O–H groups in total. The van der Waals surface area contributed by atoms with Gasteiger partial charge in [0.2, 0.25) is 0 Å². The summed E-state index contributed by atoms with van der Waals surface area (Å²) in [5.41, 5.74) is 0. The largest absolute Gasteiger partial charge is 0.347 e. The highest BCUT2D eigenvalue weighted by Gasteiger charge is 2.30. The van der Waals surface area contributed by atoms with E-state index in [4.69, 9.17) is 9.47 Å². The lowest BCUT2D eigenvalue weighted by molar-refractivity contribution is -0.133. The third kappa shape index (κ3) is 4.58. The van der Waals surface area contributed by atoms with Gasteiger partial charge in [0.1, 0.15) is 6.10 Å². The molecular weight excluding hydrogens is 192 g/mol. The fourth-order valence-electron chi connectivity index (χ4n) is 1.50. The number of hydrogen-bond donors (Lipinski definition) is 0. The normalized spacial score (nSPS) is 25.3. The van der Waals surface area contributed by atoms with Gasteiger partial charge in [-0.1, -0.05) is 13.8 Å². The van der Waals surface area contributed by atoms with Crippen molar-refractivity contribution >= 4 is 5.78 Å². The molecule has 0 aliphatic carbocycles. The quantitative estimate of drug-likeness (QED) is 0.671. The molecule has 0 spiro atoms. The average molecular weight is 212 g/mol. The smallest absolute Gasteiger partial charge is 0.163 e. The second-order valence-electron chi connectivity index (χ2n) is 4.79. The SMILES string of the molecule is CC(C)CC(=O)/C=C/[C@H]1COC(C)(C)O1. The molecule has 0 amide bonds. The number of hydrogen-bond acceptors (Lipinski definition) is 3. The van der Waals surface area contributed by atoms with Gasteiger partial charge in [-0.2, -0.15) is 0 Å². The van der Waals surface area contributed by atoms with Crippen LogP contribution in [0.3, 0.4) is 0 Å². The Labute approximate surface area is 91.4 Å². The molecule has 1 fully saturated rings. The van der Waals surface area contributed by atoms with Crippen LogP contribution in [0, 0.1) is 5.92 Å². The predicted molar refractivity (Wildman–Crippen MR) is 58.5 cm³/mol. The Hall–Kier alpha value is -0.670. The van der Waals surface area contributed by atoms with Crippen LogP contribution in [0.5, 0.6) is 0 Å². The van der Waals surface area contributed by atoms with Gasteiger partial charge in [-0.3, -0.25) is 4.79 Å². The lowest BCUT2D eigenvalue weighted by atomic mass is 10.1. The molecule has 15 heavy (non-hydrogen) atoms. The summed E-state index contributed by atoms with van der Waals surface area (Å²) in [5, 5.41) is 0. The third-order valence-electron chi connectivity index (χ3n) is 2.14. The molecule has 1 atom stereocenters. The number of ketones is 1. The first-order chi connectivity index (χ1) is 6.89. The van der Waals surface area contributed by atoms with E-state index in [0.29, 0.717) is 18.9 Å². The van der Waals surface area contributed by atoms with E-state index >= 15 is 0 Å². The monoisotopic (exact) mass is 212 g/mol. The Balaban J connectivity index is 2.36. The van der Waals surface area contributed by atoms with Crippen LogP contribution in [0.4, 0.5) is 0 Å². The number of ether oxygens (including phenoxy) is 2. The van der Waals surface area contributed by atoms with Gasteiger partial charge in [0.15, 0.2) is 11.6 Å². The molecule has 0 bridgehead atoms. The second kappa shape index (κ2) is 4.90. The summed E-state index contributed by atoms with van der Waals surface area (Å²) in [6.07, 6.45) is 3.90. The number of carbonyl (C=O) groups excluding carboxylic acids is 1. The van der Waals surface area contributed by atoms with Crippen LogP contribution in [-0.2, 0) is 14.3 Å². The molecule has 1 aliphatic heterocycles. The number of allylic oxidation sites excluding steroid dienone is 1. The van der Waals surface area contributed by atoms with Crippen LogP contribution < -0.4 is 0 Å². The van der Waals surface area contributed by atoms with Crippen molar-refractivity contribution < 1.29 is 14.3 Å². The van der Waals surface area contributed by atoms with E-state index in [0.717, 1.165) is 0 Å². The summed E-state index contributed by atoms with van der Waals surface area (Å²) in [4.78, 5) is 11.4. The van der Waals surface area contributed by atoms with Crippen LogP contribution in [0.2, 0.25) is 0 Å². The Morgan fingerprint density at radius 1 is 1.53 bits per heavy atom. The molecule has 0 saturated carbocycles. The third-order valence-corrected chi connectivity index (χ3v) is 2.14. The number of rotatable bonds is 4. The summed E-state index contributed by atoms with van der Waals surface area (Å²) >= 11 is 0. The van der Waals surface area contributed by atoms with Crippen molar-refractivity contribution in [3.8, 4) is 0 Å². The molecule has 0 aromatic heterocycles. The highest BCUT2D eigenvalue weighted by molar-refractivity contribution is 5.89. The fraction of sp³-hybridized carbons (Fsp3) is 0.750. The zero-order valence-corrected chi connectivity index (χ0v) is 9.95. The molecule has 0 aromatic carbocycles. The standard InChI is InChI=1S/C12H20O3/c1-9(2)7-10(13)5-6-11-8-14-12(3,4)15-11/h5-6,9,11H,7-8H2,1-4H3/b6-5+/t11-/m0/s1. The summed E-state index contributed by atoms with van der Waals surface area (Å²) in [7, 11) is 0. The first-order valence-corrected chi connectivity index (χ1v) is 5.42. The highest BCUT2D eigenvalue weighted by Crippen LogP contribution is 2.22. The van der Waals surface area contributed by atoms with Gasteiger partial charge in [-0.25, -0.2) is 0 Å². The maximum absolute atomic E-state index is 11.4. The van der Waals surface area contributed by atoms with Gasteiger partial charge in [-0.15, -0.1) is 0 Å². The molecule has 1 heterocycles. The molecule has 0 radical (unpaired) electrons. The van der Waals surface area contributed by atoms with Crippen LogP contribution in [0.1, 0.15) is 34.1 Å². The summed E-state index contributed by atoms with van der Waals surface area (Å²) in [6.45, 7) is 8.33. The van der Waals surface area contributed by atoms with Crippen LogP contribution in [0.15, 0.2) is 12.2 Å². The van der Waals surface area contributed by atoms with Crippen molar-refractivity contribution in [2.75, 3.05) is 6.61 Å². The van der Waals surface area contributed by atoms with Crippen molar-refractivity contribution in [1.29, 1.82) is 0 Å². The van der Waals surface area contributed by atoms with Gasteiger partial charge < -0.3 is 9.47 Å². The zero-order valence-electron chi connectivity index (χ0n) is 9.95. The van der Waals surface area contributed by atoms with Gasteiger partial charge in [0.25, 0.3) is 0 Å². The maximum Gasteiger partial charge on any atom is 0.163 e. The molecule has 3 nitrogen and oxygen atoms in total. The van der Waals surface area contributed by atoms with Crippen molar-refractivity contribution in [2.45, 2.75) is 46.0 Å². The first-order valence-electron chi connectivity index (χ1n) is 5.42. The minimum atomic E-state index is -0.518. The highest BCUT2D eigenvalue weighted by atomic mass is 16.7. The van der Waals surface area contributed by atoms with Gasteiger partial charge in [0, 0.05) is 6.42 Å². The topological polar surface area (TPSA) is 35.5 Å². The molecule has 86 valence electrons.